The number of aryl methyl sites for hydroxylation is 1. The summed E-state index contributed by atoms with van der Waals surface area (Å²) in [6.07, 6.45) is 1.70. The van der Waals surface area contributed by atoms with Crippen LogP contribution in [0.2, 0.25) is 0 Å². The molecule has 1 aromatic heterocycles. The maximum Gasteiger partial charge on any atom is 0.208 e. The van der Waals surface area contributed by atoms with E-state index < -0.39 is 0 Å². The van der Waals surface area contributed by atoms with Crippen molar-refractivity contribution in [3.63, 3.8) is 0 Å². The van der Waals surface area contributed by atoms with Crippen molar-refractivity contribution in [2.45, 2.75) is 13.5 Å². The Hall–Kier alpha value is -0.910. The highest BCUT2D eigenvalue weighted by Gasteiger charge is 2.08. The Balaban J connectivity index is 2.42. The van der Waals surface area contributed by atoms with Crippen LogP contribution in [-0.2, 0) is 11.3 Å². The molecule has 5 heteroatoms. The molecular formula is C10H18N2O3. The minimum absolute atomic E-state index is 0.128. The summed E-state index contributed by atoms with van der Waals surface area (Å²) in [6.45, 7) is 4.60. The highest BCUT2D eigenvalue weighted by Crippen LogP contribution is 2.05. The normalized spacial score (nSPS) is 11.2. The second kappa shape index (κ2) is 6.55. The lowest BCUT2D eigenvalue weighted by molar-refractivity contribution is 0.120. The fourth-order valence-corrected chi connectivity index (χ4v) is 1.30. The van der Waals surface area contributed by atoms with E-state index in [-0.39, 0.29) is 6.61 Å². The first kappa shape index (κ1) is 12.2. The molecule has 86 valence electrons. The molecule has 0 aliphatic heterocycles. The molecule has 0 fully saturated rings. The van der Waals surface area contributed by atoms with Crippen LogP contribution >= 0.6 is 0 Å². The molecule has 0 unspecified atom stereocenters. The van der Waals surface area contributed by atoms with Crippen molar-refractivity contribution < 1.29 is 14.3 Å². The van der Waals surface area contributed by atoms with E-state index in [1.807, 2.05) is 11.8 Å². The molecule has 0 spiro atoms. The van der Waals surface area contributed by atoms with E-state index in [1.165, 1.54) is 0 Å². The van der Waals surface area contributed by atoms with Gasteiger partial charge in [0.25, 0.3) is 0 Å². The Kier molecular flexibility index (Phi) is 5.31. The average Bonchev–Trinajstić information content (AvgIpc) is 2.61. The first-order valence-electron chi connectivity index (χ1n) is 4.99. The van der Waals surface area contributed by atoms with Crippen LogP contribution in [0.25, 0.3) is 0 Å². The van der Waals surface area contributed by atoms with Crippen LogP contribution in [0.3, 0.4) is 0 Å². The second-order valence-electron chi connectivity index (χ2n) is 3.36. The lowest BCUT2D eigenvalue weighted by Gasteiger charge is -2.18. The Bertz CT molecular complexity index is 275. The number of aliphatic hydroxyl groups is 1. The van der Waals surface area contributed by atoms with Crippen molar-refractivity contribution in [1.29, 1.82) is 0 Å². The van der Waals surface area contributed by atoms with E-state index in [2.05, 4.69) is 4.98 Å². The fraction of sp³-hybridized carbons (Fsp3) is 0.700. The smallest absolute Gasteiger partial charge is 0.208 e. The van der Waals surface area contributed by atoms with Crippen molar-refractivity contribution in [2.24, 2.45) is 0 Å². The number of hydrogen-bond acceptors (Lipinski definition) is 5. The van der Waals surface area contributed by atoms with Crippen LogP contribution in [0.15, 0.2) is 10.6 Å². The minimum atomic E-state index is 0.128. The molecule has 0 atom stereocenters. The number of methoxy groups -OCH3 is 1. The number of oxazole rings is 1. The highest BCUT2D eigenvalue weighted by molar-refractivity contribution is 4.90. The number of aromatic nitrogens is 1. The summed E-state index contributed by atoms with van der Waals surface area (Å²) < 4.78 is 10.4. The van der Waals surface area contributed by atoms with E-state index in [9.17, 15) is 0 Å². The zero-order chi connectivity index (χ0) is 11.1. The number of nitrogens with zero attached hydrogens (tertiary/aromatic N) is 2. The van der Waals surface area contributed by atoms with Gasteiger partial charge in [-0.15, -0.1) is 0 Å². The molecule has 1 aromatic rings. The third-order valence-electron chi connectivity index (χ3n) is 2.06. The third kappa shape index (κ3) is 4.42. The van der Waals surface area contributed by atoms with Crippen LogP contribution < -0.4 is 0 Å². The van der Waals surface area contributed by atoms with E-state index in [1.54, 1.807) is 13.3 Å². The average molecular weight is 214 g/mol. The largest absolute Gasteiger partial charge is 0.445 e. The lowest BCUT2D eigenvalue weighted by Crippen LogP contribution is -2.29. The molecule has 15 heavy (non-hydrogen) atoms. The maximum absolute atomic E-state index is 8.89. The van der Waals surface area contributed by atoms with Crippen molar-refractivity contribution in [3.8, 4) is 0 Å². The van der Waals surface area contributed by atoms with Crippen molar-refractivity contribution >= 4 is 0 Å². The van der Waals surface area contributed by atoms with Crippen LogP contribution in [0.4, 0.5) is 0 Å². The molecule has 0 saturated heterocycles. The lowest BCUT2D eigenvalue weighted by atomic mass is 10.4. The van der Waals surface area contributed by atoms with Gasteiger partial charge >= 0.3 is 0 Å². The third-order valence-corrected chi connectivity index (χ3v) is 2.06. The van der Waals surface area contributed by atoms with E-state index >= 15 is 0 Å². The fourth-order valence-electron chi connectivity index (χ4n) is 1.30. The Labute approximate surface area is 89.7 Å². The number of hydrogen-bond donors (Lipinski definition) is 1. The number of ether oxygens (including phenoxy) is 1. The van der Waals surface area contributed by atoms with Gasteiger partial charge in [0.2, 0.25) is 5.89 Å². The van der Waals surface area contributed by atoms with Crippen LogP contribution in [-0.4, -0.2) is 48.4 Å². The van der Waals surface area contributed by atoms with Crippen molar-refractivity contribution in [2.75, 3.05) is 33.4 Å². The Morgan fingerprint density at radius 1 is 1.53 bits per heavy atom. The number of aliphatic hydroxyl groups excluding tert-OH is 1. The molecule has 1 N–H and O–H groups in total. The Morgan fingerprint density at radius 3 is 2.87 bits per heavy atom. The molecule has 0 aliphatic rings. The summed E-state index contributed by atoms with van der Waals surface area (Å²) in [4.78, 5) is 6.15. The van der Waals surface area contributed by atoms with Gasteiger partial charge in [0.15, 0.2) is 0 Å². The van der Waals surface area contributed by atoms with E-state index in [0.29, 0.717) is 25.6 Å². The van der Waals surface area contributed by atoms with Gasteiger partial charge in [0, 0.05) is 20.2 Å². The van der Waals surface area contributed by atoms with E-state index in [0.717, 1.165) is 12.3 Å². The zero-order valence-corrected chi connectivity index (χ0v) is 9.27. The van der Waals surface area contributed by atoms with Gasteiger partial charge in [0.1, 0.15) is 5.76 Å². The minimum Gasteiger partial charge on any atom is -0.445 e. The first-order chi connectivity index (χ1) is 7.26. The highest BCUT2D eigenvalue weighted by atomic mass is 16.5. The maximum atomic E-state index is 8.89. The van der Waals surface area contributed by atoms with Crippen LogP contribution in [0, 0.1) is 6.92 Å². The summed E-state index contributed by atoms with van der Waals surface area (Å²) in [5.41, 5.74) is 0. The van der Waals surface area contributed by atoms with Crippen LogP contribution in [0.5, 0.6) is 0 Å². The monoisotopic (exact) mass is 214 g/mol. The Morgan fingerprint density at radius 2 is 2.33 bits per heavy atom. The summed E-state index contributed by atoms with van der Waals surface area (Å²) in [5, 5.41) is 8.89. The molecule has 0 bridgehead atoms. The van der Waals surface area contributed by atoms with Gasteiger partial charge in [0.05, 0.1) is 26.0 Å². The molecule has 0 aliphatic carbocycles. The molecule has 0 amide bonds. The molecule has 1 rings (SSSR count). The SMILES string of the molecule is COCCN(CCO)Cc1ncc(C)o1. The topological polar surface area (TPSA) is 58.7 Å². The first-order valence-corrected chi connectivity index (χ1v) is 4.99. The summed E-state index contributed by atoms with van der Waals surface area (Å²) in [7, 11) is 1.66. The van der Waals surface area contributed by atoms with Gasteiger partial charge < -0.3 is 14.3 Å². The summed E-state index contributed by atoms with van der Waals surface area (Å²) in [5.74, 6) is 1.48. The van der Waals surface area contributed by atoms with Gasteiger partial charge in [-0.25, -0.2) is 4.98 Å². The second-order valence-corrected chi connectivity index (χ2v) is 3.36. The molecule has 0 radical (unpaired) electrons. The standard InChI is InChI=1S/C10H18N2O3/c1-9-7-11-10(15-9)8-12(3-5-13)4-6-14-2/h7,13H,3-6,8H2,1-2H3. The predicted molar refractivity (Wildman–Crippen MR) is 55.5 cm³/mol. The van der Waals surface area contributed by atoms with Crippen molar-refractivity contribution in [3.05, 3.63) is 17.8 Å². The van der Waals surface area contributed by atoms with Gasteiger partial charge in [-0.2, -0.15) is 0 Å². The van der Waals surface area contributed by atoms with E-state index in [4.69, 9.17) is 14.3 Å². The predicted octanol–water partition coefficient (Wildman–Crippen LogP) is 0.424. The van der Waals surface area contributed by atoms with Gasteiger partial charge in [-0.1, -0.05) is 0 Å². The molecule has 0 saturated carbocycles. The molecule has 0 aromatic carbocycles. The van der Waals surface area contributed by atoms with Crippen LogP contribution in [0.1, 0.15) is 11.7 Å². The van der Waals surface area contributed by atoms with Gasteiger partial charge in [-0.05, 0) is 6.92 Å². The van der Waals surface area contributed by atoms with Gasteiger partial charge in [-0.3, -0.25) is 4.90 Å². The van der Waals surface area contributed by atoms with Crippen molar-refractivity contribution in [1.82, 2.24) is 9.88 Å². The summed E-state index contributed by atoms with van der Waals surface area (Å²) >= 11 is 0. The molecule has 5 nitrogen and oxygen atoms in total. The molecule has 1 heterocycles. The molecular weight excluding hydrogens is 196 g/mol. The number of rotatable bonds is 7. The summed E-state index contributed by atoms with van der Waals surface area (Å²) in [6, 6.07) is 0. The zero-order valence-electron chi connectivity index (χ0n) is 9.27. The quantitative estimate of drug-likeness (QED) is 0.713.